The van der Waals surface area contributed by atoms with Gasteiger partial charge in [0.1, 0.15) is 5.75 Å². The van der Waals surface area contributed by atoms with Gasteiger partial charge in [-0.3, -0.25) is 13.3 Å². The Labute approximate surface area is 168 Å². The van der Waals surface area contributed by atoms with Crippen LogP contribution in [-0.4, -0.2) is 32.5 Å². The van der Waals surface area contributed by atoms with Crippen LogP contribution in [0.25, 0.3) is 0 Å². The summed E-state index contributed by atoms with van der Waals surface area (Å²) in [6, 6.07) is 8.87. The molecule has 150 valence electrons. The van der Waals surface area contributed by atoms with E-state index in [4.69, 9.17) is 23.1 Å². The fourth-order valence-corrected chi connectivity index (χ4v) is 3.24. The van der Waals surface area contributed by atoms with Gasteiger partial charge in [-0.2, -0.15) is 0 Å². The molecular formula is C17H17ClN3O6S-. The fourth-order valence-electron chi connectivity index (χ4n) is 2.46. The molecule has 0 aromatic heterocycles. The maximum absolute atomic E-state index is 11.8. The number of aryl methyl sites for hydroxylation is 1. The highest BCUT2D eigenvalue weighted by Gasteiger charge is 2.18. The van der Waals surface area contributed by atoms with Crippen molar-refractivity contribution in [1.82, 2.24) is 0 Å². The maximum atomic E-state index is 11.8. The number of carbonyl (C=O) groups is 2. The first-order valence-electron chi connectivity index (χ1n) is 7.93. The van der Waals surface area contributed by atoms with E-state index in [0.29, 0.717) is 12.8 Å². The van der Waals surface area contributed by atoms with Gasteiger partial charge in [-0.25, -0.2) is 4.79 Å². The van der Waals surface area contributed by atoms with E-state index in [0.717, 1.165) is 15.9 Å². The lowest BCUT2D eigenvalue weighted by molar-refractivity contribution is 0.0997. The topological polar surface area (TPSA) is 159 Å². The van der Waals surface area contributed by atoms with Crippen LogP contribution in [0.3, 0.4) is 0 Å². The van der Waals surface area contributed by atoms with Gasteiger partial charge in [0.05, 0.1) is 39.8 Å². The lowest BCUT2D eigenvalue weighted by atomic mass is 10.1. The van der Waals surface area contributed by atoms with E-state index in [1.807, 2.05) is 0 Å². The standard InChI is InChI=1S/C17H18ClN3O6S/c18-14-9-12(8-13(15(14)22)16(19)23)21(28(25)26)11-5-3-10(4-6-11)2-1-7-27-17(20)24/h3-6,8-9,22H,1-2,7H2,(H2,19,23)(H2,20,24)(H,25,26)/p-1. The van der Waals surface area contributed by atoms with Crippen molar-refractivity contribution in [3.05, 3.63) is 52.5 Å². The molecule has 0 radical (unpaired) electrons. The van der Waals surface area contributed by atoms with E-state index in [2.05, 4.69) is 4.74 Å². The number of primary amides is 2. The highest BCUT2D eigenvalue weighted by molar-refractivity contribution is 7.81. The molecule has 1 atom stereocenters. The average Bonchev–Trinajstić information content (AvgIpc) is 2.62. The number of ether oxygens (including phenoxy) is 1. The van der Waals surface area contributed by atoms with Crippen molar-refractivity contribution >= 4 is 46.2 Å². The number of carbonyl (C=O) groups excluding carboxylic acids is 2. The van der Waals surface area contributed by atoms with Crippen LogP contribution in [0.15, 0.2) is 36.4 Å². The molecule has 0 spiro atoms. The Bertz CT molecular complexity index is 907. The van der Waals surface area contributed by atoms with Crippen molar-refractivity contribution in [3.8, 4) is 5.75 Å². The van der Waals surface area contributed by atoms with Crippen LogP contribution in [0.5, 0.6) is 5.75 Å². The molecule has 1 unspecified atom stereocenters. The van der Waals surface area contributed by atoms with Crippen LogP contribution in [0.4, 0.5) is 16.2 Å². The van der Waals surface area contributed by atoms with Gasteiger partial charge >= 0.3 is 6.09 Å². The molecule has 2 aromatic rings. The number of hydrogen-bond donors (Lipinski definition) is 3. The summed E-state index contributed by atoms with van der Waals surface area (Å²) in [6.45, 7) is 0.176. The molecule has 0 aliphatic rings. The molecule has 0 fully saturated rings. The number of nitrogens with two attached hydrogens (primary N) is 2. The number of phenols is 1. The molecule has 28 heavy (non-hydrogen) atoms. The van der Waals surface area contributed by atoms with Crippen LogP contribution >= 0.6 is 11.6 Å². The molecule has 0 saturated heterocycles. The van der Waals surface area contributed by atoms with Gasteiger partial charge in [-0.1, -0.05) is 23.7 Å². The first-order valence-corrected chi connectivity index (χ1v) is 9.34. The highest BCUT2D eigenvalue weighted by Crippen LogP contribution is 2.36. The average molecular weight is 427 g/mol. The van der Waals surface area contributed by atoms with Crippen LogP contribution < -0.4 is 15.8 Å². The van der Waals surface area contributed by atoms with E-state index in [1.165, 1.54) is 6.07 Å². The first-order chi connectivity index (χ1) is 13.2. The molecule has 0 bridgehead atoms. The number of amides is 2. The molecule has 2 amide bonds. The van der Waals surface area contributed by atoms with Crippen LogP contribution in [0, 0.1) is 0 Å². The molecule has 0 aliphatic carbocycles. The molecular weight excluding hydrogens is 410 g/mol. The maximum Gasteiger partial charge on any atom is 0.404 e. The SMILES string of the molecule is NC(=O)OCCCc1ccc(N(c2cc(Cl)c(O)c(C(N)=O)c2)S(=O)[O-])cc1. The molecule has 0 aliphatic heterocycles. The van der Waals surface area contributed by atoms with Gasteiger partial charge in [0.25, 0.3) is 5.91 Å². The van der Waals surface area contributed by atoms with Crippen LogP contribution in [0.2, 0.25) is 5.02 Å². The number of aromatic hydroxyl groups is 1. The van der Waals surface area contributed by atoms with Gasteiger partial charge in [0.2, 0.25) is 0 Å². The molecule has 0 saturated carbocycles. The number of rotatable bonds is 8. The summed E-state index contributed by atoms with van der Waals surface area (Å²) in [5, 5.41) is 9.60. The Morgan fingerprint density at radius 2 is 1.82 bits per heavy atom. The van der Waals surface area contributed by atoms with Crippen molar-refractivity contribution < 1.29 is 28.2 Å². The number of benzene rings is 2. The second-order valence-electron chi connectivity index (χ2n) is 5.64. The Kier molecular flexibility index (Phi) is 7.21. The van der Waals surface area contributed by atoms with E-state index in [-0.39, 0.29) is 28.6 Å². The first kappa shape index (κ1) is 21.5. The zero-order valence-electron chi connectivity index (χ0n) is 14.5. The number of halogens is 1. The quantitative estimate of drug-likeness (QED) is 0.433. The summed E-state index contributed by atoms with van der Waals surface area (Å²) in [5.74, 6) is -1.48. The van der Waals surface area contributed by atoms with Gasteiger partial charge < -0.3 is 25.9 Å². The smallest absolute Gasteiger partial charge is 0.404 e. The molecule has 11 heteroatoms. The summed E-state index contributed by atoms with van der Waals surface area (Å²) >= 11 is 3.15. The van der Waals surface area contributed by atoms with E-state index in [1.54, 1.807) is 24.3 Å². The van der Waals surface area contributed by atoms with Crippen molar-refractivity contribution in [2.24, 2.45) is 11.5 Å². The normalized spacial score (nSPS) is 11.6. The second kappa shape index (κ2) is 9.40. The molecule has 5 N–H and O–H groups in total. The summed E-state index contributed by atoms with van der Waals surface area (Å²) in [7, 11) is 0. The Morgan fingerprint density at radius 1 is 1.18 bits per heavy atom. The lowest BCUT2D eigenvalue weighted by Crippen LogP contribution is -2.20. The lowest BCUT2D eigenvalue weighted by Gasteiger charge is -2.27. The van der Waals surface area contributed by atoms with E-state index in [9.17, 15) is 23.5 Å². The fraction of sp³-hybridized carbons (Fsp3) is 0.176. The third-order valence-electron chi connectivity index (χ3n) is 3.72. The Morgan fingerprint density at radius 3 is 2.36 bits per heavy atom. The van der Waals surface area contributed by atoms with Crippen molar-refractivity contribution in [3.63, 3.8) is 0 Å². The Hall–Kier alpha value is -2.82. The van der Waals surface area contributed by atoms with Crippen molar-refractivity contribution in [2.45, 2.75) is 12.8 Å². The third kappa shape index (κ3) is 5.35. The highest BCUT2D eigenvalue weighted by atomic mass is 35.5. The molecule has 9 nitrogen and oxygen atoms in total. The van der Waals surface area contributed by atoms with Crippen molar-refractivity contribution in [2.75, 3.05) is 10.9 Å². The molecule has 0 heterocycles. The zero-order chi connectivity index (χ0) is 20.8. The van der Waals surface area contributed by atoms with Gasteiger partial charge in [-0.05, 0) is 42.7 Å². The van der Waals surface area contributed by atoms with Gasteiger partial charge in [0, 0.05) is 0 Å². The van der Waals surface area contributed by atoms with Crippen molar-refractivity contribution in [1.29, 1.82) is 0 Å². The Balaban J connectivity index is 2.26. The minimum absolute atomic E-state index is 0.0348. The number of anilines is 2. The summed E-state index contributed by atoms with van der Waals surface area (Å²) in [5.41, 5.74) is 11.0. The monoisotopic (exact) mass is 426 g/mol. The molecule has 2 aromatic carbocycles. The number of hydrogen-bond acceptors (Lipinski definition) is 6. The van der Waals surface area contributed by atoms with E-state index < -0.39 is 29.0 Å². The predicted molar refractivity (Wildman–Crippen MR) is 103 cm³/mol. The summed E-state index contributed by atoms with van der Waals surface area (Å²) in [4.78, 5) is 22.0. The largest absolute Gasteiger partial charge is 0.755 e. The number of nitrogens with zero attached hydrogens (tertiary/aromatic N) is 1. The zero-order valence-corrected chi connectivity index (χ0v) is 16.0. The van der Waals surface area contributed by atoms with Gasteiger partial charge in [0.15, 0.2) is 0 Å². The molecule has 2 rings (SSSR count). The predicted octanol–water partition coefficient (Wildman–Crippen LogP) is 2.10. The minimum atomic E-state index is -2.74. The van der Waals surface area contributed by atoms with E-state index >= 15 is 0 Å². The van der Waals surface area contributed by atoms with Crippen LogP contribution in [0.1, 0.15) is 22.3 Å². The van der Waals surface area contributed by atoms with Crippen LogP contribution in [-0.2, 0) is 22.4 Å². The second-order valence-corrected chi connectivity index (χ2v) is 6.84. The summed E-state index contributed by atoms with van der Waals surface area (Å²) in [6.07, 6.45) is 0.298. The summed E-state index contributed by atoms with van der Waals surface area (Å²) < 4.78 is 29.1. The third-order valence-corrected chi connectivity index (χ3v) is 4.73. The van der Waals surface area contributed by atoms with Gasteiger partial charge in [-0.15, -0.1) is 0 Å². The minimum Gasteiger partial charge on any atom is -0.755 e.